The van der Waals surface area contributed by atoms with Gasteiger partial charge in [-0.15, -0.1) is 0 Å². The van der Waals surface area contributed by atoms with E-state index in [9.17, 15) is 4.79 Å². The number of nitrogens with two attached hydrogens (primary N) is 1. The number of hydrogen-bond acceptors (Lipinski definition) is 4. The summed E-state index contributed by atoms with van der Waals surface area (Å²) in [7, 11) is 3.77. The van der Waals surface area contributed by atoms with Crippen LogP contribution in [-0.4, -0.2) is 51.1 Å². The number of carbonyl (C=O) groups is 1. The summed E-state index contributed by atoms with van der Waals surface area (Å²) >= 11 is 0. The Kier molecular flexibility index (Phi) is 7.10. The van der Waals surface area contributed by atoms with Crippen molar-refractivity contribution in [2.45, 2.75) is 6.54 Å². The van der Waals surface area contributed by atoms with Crippen LogP contribution in [0.3, 0.4) is 0 Å². The predicted octanol–water partition coefficient (Wildman–Crippen LogP) is 0.0263. The number of likely N-dealkylation sites (N-methyl/N-ethyl adjacent to an activating group) is 2. The van der Waals surface area contributed by atoms with E-state index in [1.54, 1.807) is 0 Å². The highest BCUT2D eigenvalue weighted by molar-refractivity contribution is 5.94. The van der Waals surface area contributed by atoms with E-state index in [1.165, 1.54) is 0 Å². The molecule has 19 heavy (non-hydrogen) atoms. The molecule has 1 aromatic carbocycles. The lowest BCUT2D eigenvalue weighted by Gasteiger charge is -2.22. The molecule has 106 valence electrons. The lowest BCUT2D eigenvalue weighted by Crippen LogP contribution is -2.40. The van der Waals surface area contributed by atoms with Crippen LogP contribution >= 0.6 is 0 Å². The summed E-state index contributed by atoms with van der Waals surface area (Å²) in [5.41, 5.74) is 7.29. The van der Waals surface area contributed by atoms with E-state index in [0.29, 0.717) is 25.2 Å². The molecule has 0 aromatic heterocycles. The Morgan fingerprint density at radius 3 is 2.37 bits per heavy atom. The van der Waals surface area contributed by atoms with Crippen LogP contribution in [-0.2, 0) is 6.54 Å². The van der Waals surface area contributed by atoms with Gasteiger partial charge in [0, 0.05) is 38.3 Å². The van der Waals surface area contributed by atoms with Gasteiger partial charge in [0.05, 0.1) is 0 Å². The van der Waals surface area contributed by atoms with Gasteiger partial charge in [-0.3, -0.25) is 4.79 Å². The van der Waals surface area contributed by atoms with Gasteiger partial charge in [-0.25, -0.2) is 0 Å². The Hall–Kier alpha value is -1.43. The molecule has 0 atom stereocenters. The van der Waals surface area contributed by atoms with Crippen molar-refractivity contribution in [2.24, 2.45) is 5.73 Å². The molecule has 0 aliphatic rings. The predicted molar refractivity (Wildman–Crippen MR) is 78.1 cm³/mol. The normalized spacial score (nSPS) is 10.5. The van der Waals surface area contributed by atoms with Crippen molar-refractivity contribution in [1.29, 1.82) is 0 Å². The van der Waals surface area contributed by atoms with E-state index in [4.69, 9.17) is 5.73 Å². The van der Waals surface area contributed by atoms with Gasteiger partial charge in [-0.2, -0.15) is 0 Å². The molecule has 0 heterocycles. The second kappa shape index (κ2) is 8.63. The first-order valence-corrected chi connectivity index (χ1v) is 6.60. The van der Waals surface area contributed by atoms with Crippen LogP contribution in [0.1, 0.15) is 15.9 Å². The van der Waals surface area contributed by atoms with Crippen LogP contribution in [0.5, 0.6) is 0 Å². The second-order valence-corrected chi connectivity index (χ2v) is 4.40. The summed E-state index contributed by atoms with van der Waals surface area (Å²) in [6.07, 6.45) is 0. The van der Waals surface area contributed by atoms with Crippen molar-refractivity contribution < 1.29 is 4.79 Å². The third-order valence-electron chi connectivity index (χ3n) is 2.96. The molecule has 5 heteroatoms. The molecule has 0 unspecified atom stereocenters. The van der Waals surface area contributed by atoms with Crippen LogP contribution in [0.15, 0.2) is 24.3 Å². The minimum absolute atomic E-state index is 0.0563. The molecule has 1 rings (SSSR count). The molecule has 0 saturated heterocycles. The summed E-state index contributed by atoms with van der Waals surface area (Å²) in [6.45, 7) is 3.42. The number of nitrogens with zero attached hydrogens (tertiary/aromatic N) is 1. The van der Waals surface area contributed by atoms with Gasteiger partial charge in [0.15, 0.2) is 0 Å². The van der Waals surface area contributed by atoms with Crippen molar-refractivity contribution in [3.8, 4) is 0 Å². The number of benzene rings is 1. The van der Waals surface area contributed by atoms with Crippen LogP contribution in [0.2, 0.25) is 0 Å². The Balaban J connectivity index is 2.77. The Labute approximate surface area is 115 Å². The molecule has 0 aliphatic heterocycles. The third kappa shape index (κ3) is 4.98. The zero-order valence-electron chi connectivity index (χ0n) is 11.8. The molecule has 0 fully saturated rings. The van der Waals surface area contributed by atoms with E-state index in [1.807, 2.05) is 43.3 Å². The minimum Gasteiger partial charge on any atom is -0.336 e. The SMILES string of the molecule is CNCCN(CCNC)C(=O)c1cccc(CN)c1. The van der Waals surface area contributed by atoms with Gasteiger partial charge < -0.3 is 21.3 Å². The highest BCUT2D eigenvalue weighted by Crippen LogP contribution is 2.08. The third-order valence-corrected chi connectivity index (χ3v) is 2.96. The molecule has 0 saturated carbocycles. The zero-order chi connectivity index (χ0) is 14.1. The van der Waals surface area contributed by atoms with Gasteiger partial charge in [-0.05, 0) is 31.8 Å². The van der Waals surface area contributed by atoms with Crippen molar-refractivity contribution in [2.75, 3.05) is 40.3 Å². The molecule has 4 N–H and O–H groups in total. The zero-order valence-corrected chi connectivity index (χ0v) is 11.8. The first kappa shape index (κ1) is 15.6. The first-order chi connectivity index (χ1) is 9.22. The van der Waals surface area contributed by atoms with Gasteiger partial charge in [0.2, 0.25) is 0 Å². The molecule has 1 amide bonds. The Bertz CT molecular complexity index is 387. The van der Waals surface area contributed by atoms with E-state index in [2.05, 4.69) is 10.6 Å². The molecular formula is C14H24N4O. The lowest BCUT2D eigenvalue weighted by atomic mass is 10.1. The largest absolute Gasteiger partial charge is 0.336 e. The minimum atomic E-state index is 0.0563. The fourth-order valence-corrected chi connectivity index (χ4v) is 1.82. The van der Waals surface area contributed by atoms with Crippen LogP contribution in [0.25, 0.3) is 0 Å². The number of rotatable bonds is 8. The van der Waals surface area contributed by atoms with Gasteiger partial charge in [-0.1, -0.05) is 12.1 Å². The fraction of sp³-hybridized carbons (Fsp3) is 0.500. The van der Waals surface area contributed by atoms with E-state index < -0.39 is 0 Å². The molecule has 0 radical (unpaired) electrons. The Morgan fingerprint density at radius 2 is 1.84 bits per heavy atom. The summed E-state index contributed by atoms with van der Waals surface area (Å²) in [5.74, 6) is 0.0563. The summed E-state index contributed by atoms with van der Waals surface area (Å²) in [4.78, 5) is 14.3. The maximum Gasteiger partial charge on any atom is 0.253 e. The van der Waals surface area contributed by atoms with Gasteiger partial charge in [0.1, 0.15) is 0 Å². The fourth-order valence-electron chi connectivity index (χ4n) is 1.82. The Morgan fingerprint density at radius 1 is 1.21 bits per heavy atom. The molecule has 0 aliphatic carbocycles. The van der Waals surface area contributed by atoms with Crippen LogP contribution in [0.4, 0.5) is 0 Å². The van der Waals surface area contributed by atoms with Gasteiger partial charge >= 0.3 is 0 Å². The average Bonchev–Trinajstić information content (AvgIpc) is 2.47. The standard InChI is InChI=1S/C14H24N4O/c1-16-6-8-18(9-7-17-2)14(19)13-5-3-4-12(10-13)11-15/h3-5,10,16-17H,6-9,11,15H2,1-2H3. The molecular weight excluding hydrogens is 240 g/mol. The average molecular weight is 264 g/mol. The molecule has 0 bridgehead atoms. The van der Waals surface area contributed by atoms with Crippen molar-refractivity contribution in [3.05, 3.63) is 35.4 Å². The highest BCUT2D eigenvalue weighted by atomic mass is 16.2. The number of carbonyl (C=O) groups excluding carboxylic acids is 1. The van der Waals surface area contributed by atoms with Crippen LogP contribution in [0, 0.1) is 0 Å². The van der Waals surface area contributed by atoms with Crippen molar-refractivity contribution >= 4 is 5.91 Å². The number of hydrogen-bond donors (Lipinski definition) is 3. The van der Waals surface area contributed by atoms with E-state index in [-0.39, 0.29) is 5.91 Å². The smallest absolute Gasteiger partial charge is 0.253 e. The molecule has 0 spiro atoms. The molecule has 1 aromatic rings. The summed E-state index contributed by atoms with van der Waals surface area (Å²) in [5, 5.41) is 6.14. The van der Waals surface area contributed by atoms with Crippen LogP contribution < -0.4 is 16.4 Å². The summed E-state index contributed by atoms with van der Waals surface area (Å²) < 4.78 is 0. The van der Waals surface area contributed by atoms with Gasteiger partial charge in [0.25, 0.3) is 5.91 Å². The van der Waals surface area contributed by atoms with Crippen molar-refractivity contribution in [1.82, 2.24) is 15.5 Å². The van der Waals surface area contributed by atoms with E-state index in [0.717, 1.165) is 18.7 Å². The maximum absolute atomic E-state index is 12.5. The highest BCUT2D eigenvalue weighted by Gasteiger charge is 2.14. The lowest BCUT2D eigenvalue weighted by molar-refractivity contribution is 0.0759. The quantitative estimate of drug-likeness (QED) is 0.619. The van der Waals surface area contributed by atoms with E-state index >= 15 is 0 Å². The second-order valence-electron chi connectivity index (χ2n) is 4.40. The topological polar surface area (TPSA) is 70.4 Å². The molecule has 5 nitrogen and oxygen atoms in total. The summed E-state index contributed by atoms with van der Waals surface area (Å²) in [6, 6.07) is 7.52. The maximum atomic E-state index is 12.5. The number of amides is 1. The van der Waals surface area contributed by atoms with Crippen molar-refractivity contribution in [3.63, 3.8) is 0 Å². The monoisotopic (exact) mass is 264 g/mol. The number of nitrogens with one attached hydrogen (secondary N) is 2. The first-order valence-electron chi connectivity index (χ1n) is 6.60.